The van der Waals surface area contributed by atoms with Crippen LogP contribution in [-0.2, 0) is 0 Å². The number of para-hydroxylation sites is 1. The lowest BCUT2D eigenvalue weighted by molar-refractivity contribution is 0.0985. The van der Waals surface area contributed by atoms with Gasteiger partial charge in [-0.25, -0.2) is 4.98 Å². The first kappa shape index (κ1) is 18.9. The maximum atomic E-state index is 13.3. The fourth-order valence-electron chi connectivity index (χ4n) is 2.60. The van der Waals surface area contributed by atoms with E-state index in [9.17, 15) is 4.79 Å². The topological polar surface area (TPSA) is 36.4 Å². The number of amides is 1. The zero-order valence-electron chi connectivity index (χ0n) is 15.3. The molecule has 0 radical (unpaired) electrons. The van der Waals surface area contributed by atoms with Crippen molar-refractivity contribution in [1.82, 2.24) is 9.88 Å². The molecule has 6 heteroatoms. The smallest absolute Gasteiger partial charge is 0.260 e. The lowest BCUT2D eigenvalue weighted by Gasteiger charge is -2.22. The van der Waals surface area contributed by atoms with Gasteiger partial charge in [0.25, 0.3) is 5.91 Å². The third kappa shape index (κ3) is 4.44. The molecule has 0 atom stereocenters. The summed E-state index contributed by atoms with van der Waals surface area (Å²) < 4.78 is 1.10. The summed E-state index contributed by atoms with van der Waals surface area (Å²) in [4.78, 5) is 23.0. The second-order valence-corrected chi connectivity index (χ2v) is 8.53. The molecule has 0 saturated heterocycles. The van der Waals surface area contributed by atoms with E-state index in [0.29, 0.717) is 12.1 Å². The molecule has 0 saturated carbocycles. The predicted octanol–water partition coefficient (Wildman–Crippen LogP) is 4.62. The quantitative estimate of drug-likeness (QED) is 0.556. The number of carbonyl (C=O) groups excluding carboxylic acids is 1. The van der Waals surface area contributed by atoms with Gasteiger partial charge in [0.15, 0.2) is 5.13 Å². The number of thioether (sulfide) groups is 1. The van der Waals surface area contributed by atoms with Crippen LogP contribution in [0.1, 0.15) is 17.3 Å². The van der Waals surface area contributed by atoms with Crippen molar-refractivity contribution in [1.29, 1.82) is 0 Å². The number of fused-ring (bicyclic) bond motifs is 1. The molecule has 0 fully saturated rings. The number of hydrogen-bond acceptors (Lipinski definition) is 5. The average Bonchev–Trinajstić information content (AvgIpc) is 3.05. The fourth-order valence-corrected chi connectivity index (χ4v) is 4.31. The number of thiazole rings is 1. The molecule has 0 spiro atoms. The number of aromatic nitrogens is 1. The van der Waals surface area contributed by atoms with Crippen molar-refractivity contribution in [2.45, 2.75) is 11.8 Å². The third-order valence-corrected chi connectivity index (χ3v) is 5.86. The van der Waals surface area contributed by atoms with E-state index >= 15 is 0 Å². The van der Waals surface area contributed by atoms with Gasteiger partial charge in [-0.3, -0.25) is 9.69 Å². The number of hydrogen-bond donors (Lipinski definition) is 0. The minimum atomic E-state index is 0.00413. The maximum Gasteiger partial charge on any atom is 0.260 e. The van der Waals surface area contributed by atoms with Gasteiger partial charge >= 0.3 is 0 Å². The summed E-state index contributed by atoms with van der Waals surface area (Å²) in [6.45, 7) is 3.51. The van der Waals surface area contributed by atoms with Gasteiger partial charge in [0.2, 0.25) is 0 Å². The fraction of sp³-hybridized carbons (Fsp3) is 0.300. The molecular formula is C20H23N3OS2. The predicted molar refractivity (Wildman–Crippen MR) is 113 cm³/mol. The van der Waals surface area contributed by atoms with Gasteiger partial charge in [0, 0.05) is 23.5 Å². The van der Waals surface area contributed by atoms with Gasteiger partial charge < -0.3 is 4.90 Å². The summed E-state index contributed by atoms with van der Waals surface area (Å²) in [5.74, 6) is 0.990. The minimum absolute atomic E-state index is 0.00413. The number of benzene rings is 2. The largest absolute Gasteiger partial charge is 0.308 e. The van der Waals surface area contributed by atoms with E-state index in [-0.39, 0.29) is 5.91 Å². The Kier molecular flexibility index (Phi) is 6.29. The molecule has 0 bridgehead atoms. The highest BCUT2D eigenvalue weighted by molar-refractivity contribution is 7.99. The molecular weight excluding hydrogens is 362 g/mol. The summed E-state index contributed by atoms with van der Waals surface area (Å²) in [5.41, 5.74) is 1.65. The summed E-state index contributed by atoms with van der Waals surface area (Å²) in [6.07, 6.45) is 0. The highest BCUT2D eigenvalue weighted by Gasteiger charge is 2.21. The molecule has 136 valence electrons. The summed E-state index contributed by atoms with van der Waals surface area (Å²) in [5, 5.41) is 0.756. The number of carbonyl (C=O) groups is 1. The van der Waals surface area contributed by atoms with Crippen LogP contribution >= 0.6 is 23.1 Å². The normalized spacial score (nSPS) is 11.2. The Balaban J connectivity index is 1.94. The first-order chi connectivity index (χ1) is 12.6. The molecule has 0 aliphatic heterocycles. The van der Waals surface area contributed by atoms with Crippen LogP contribution in [0, 0.1) is 0 Å². The first-order valence-electron chi connectivity index (χ1n) is 8.63. The van der Waals surface area contributed by atoms with E-state index in [1.807, 2.05) is 62.6 Å². The van der Waals surface area contributed by atoms with Gasteiger partial charge in [0.1, 0.15) is 0 Å². The zero-order valence-corrected chi connectivity index (χ0v) is 16.9. The van der Waals surface area contributed by atoms with Crippen molar-refractivity contribution < 1.29 is 4.79 Å². The van der Waals surface area contributed by atoms with Crippen LogP contribution in [-0.4, -0.2) is 48.7 Å². The van der Waals surface area contributed by atoms with Gasteiger partial charge in [-0.15, -0.1) is 11.8 Å². The van der Waals surface area contributed by atoms with Crippen molar-refractivity contribution in [3.63, 3.8) is 0 Å². The zero-order chi connectivity index (χ0) is 18.5. The summed E-state index contributed by atoms with van der Waals surface area (Å²) in [6, 6.07) is 15.9. The Bertz CT molecular complexity index is 858. The Labute approximate surface area is 162 Å². The molecule has 0 unspecified atom stereocenters. The van der Waals surface area contributed by atoms with Crippen LogP contribution in [0.2, 0.25) is 0 Å². The highest BCUT2D eigenvalue weighted by Crippen LogP contribution is 2.30. The van der Waals surface area contributed by atoms with Gasteiger partial charge in [0.05, 0.1) is 10.2 Å². The van der Waals surface area contributed by atoms with E-state index in [4.69, 9.17) is 4.98 Å². The lowest BCUT2D eigenvalue weighted by Crippen LogP contribution is -2.36. The maximum absolute atomic E-state index is 13.3. The minimum Gasteiger partial charge on any atom is -0.308 e. The Morgan fingerprint density at radius 2 is 1.92 bits per heavy atom. The van der Waals surface area contributed by atoms with Gasteiger partial charge in [-0.1, -0.05) is 36.5 Å². The second kappa shape index (κ2) is 8.66. The van der Waals surface area contributed by atoms with Crippen LogP contribution in [0.15, 0.2) is 53.4 Å². The Hall–Kier alpha value is -1.89. The van der Waals surface area contributed by atoms with Crippen molar-refractivity contribution >= 4 is 44.4 Å². The molecule has 3 aromatic rings. The van der Waals surface area contributed by atoms with E-state index in [0.717, 1.165) is 32.5 Å². The van der Waals surface area contributed by atoms with Gasteiger partial charge in [-0.2, -0.15) is 0 Å². The third-order valence-electron chi connectivity index (χ3n) is 3.92. The SMILES string of the molecule is CCSc1cccc(C(=O)N(CCN(C)C)c2nc3ccccc3s2)c1. The van der Waals surface area contributed by atoms with E-state index in [1.165, 1.54) is 0 Å². The first-order valence-corrected chi connectivity index (χ1v) is 10.4. The van der Waals surface area contributed by atoms with Crippen molar-refractivity contribution in [3.8, 4) is 0 Å². The van der Waals surface area contributed by atoms with Crippen LogP contribution in [0.25, 0.3) is 10.2 Å². The lowest BCUT2D eigenvalue weighted by atomic mass is 10.2. The van der Waals surface area contributed by atoms with Crippen LogP contribution < -0.4 is 4.90 Å². The summed E-state index contributed by atoms with van der Waals surface area (Å²) >= 11 is 3.31. The van der Waals surface area contributed by atoms with Crippen molar-refractivity contribution in [2.24, 2.45) is 0 Å². The van der Waals surface area contributed by atoms with Crippen molar-refractivity contribution in [2.75, 3.05) is 37.8 Å². The molecule has 26 heavy (non-hydrogen) atoms. The highest BCUT2D eigenvalue weighted by atomic mass is 32.2. The van der Waals surface area contributed by atoms with E-state index in [1.54, 1.807) is 28.0 Å². The van der Waals surface area contributed by atoms with Gasteiger partial charge in [-0.05, 0) is 50.2 Å². The van der Waals surface area contributed by atoms with Crippen LogP contribution in [0.3, 0.4) is 0 Å². The summed E-state index contributed by atoms with van der Waals surface area (Å²) in [7, 11) is 4.03. The van der Waals surface area contributed by atoms with E-state index in [2.05, 4.69) is 11.8 Å². The monoisotopic (exact) mass is 385 g/mol. The Morgan fingerprint density at radius 3 is 2.65 bits per heavy atom. The molecule has 1 heterocycles. The van der Waals surface area contributed by atoms with Crippen molar-refractivity contribution in [3.05, 3.63) is 54.1 Å². The van der Waals surface area contributed by atoms with Crippen LogP contribution in [0.5, 0.6) is 0 Å². The number of anilines is 1. The standard InChI is InChI=1S/C20H23N3OS2/c1-4-25-16-9-7-8-15(14-16)19(24)23(13-12-22(2)3)20-21-17-10-5-6-11-18(17)26-20/h5-11,14H,4,12-13H2,1-3H3. The number of likely N-dealkylation sites (N-methyl/N-ethyl adjacent to an activating group) is 1. The Morgan fingerprint density at radius 1 is 1.12 bits per heavy atom. The average molecular weight is 386 g/mol. The number of nitrogens with zero attached hydrogens (tertiary/aromatic N) is 3. The molecule has 3 rings (SSSR count). The molecule has 1 aromatic heterocycles. The second-order valence-electron chi connectivity index (χ2n) is 6.19. The van der Waals surface area contributed by atoms with Crippen LogP contribution in [0.4, 0.5) is 5.13 Å². The molecule has 0 aliphatic carbocycles. The molecule has 0 N–H and O–H groups in total. The molecule has 4 nitrogen and oxygen atoms in total. The molecule has 2 aromatic carbocycles. The van der Waals surface area contributed by atoms with E-state index < -0.39 is 0 Å². The number of rotatable bonds is 7. The molecule has 0 aliphatic rings. The molecule has 1 amide bonds.